The zero-order chi connectivity index (χ0) is 28.7. The fourth-order valence-corrected chi connectivity index (χ4v) is 7.01. The Labute approximate surface area is 241 Å². The van der Waals surface area contributed by atoms with Crippen LogP contribution in [0.25, 0.3) is 0 Å². The number of aliphatic hydroxyl groups is 1. The van der Waals surface area contributed by atoms with Crippen molar-refractivity contribution < 1.29 is 14.6 Å². The summed E-state index contributed by atoms with van der Waals surface area (Å²) in [4.78, 5) is 26.9. The number of nitrogens with one attached hydrogen (secondary N) is 3. The smallest absolute Gasteiger partial charge is 0.229 e. The number of carbonyl (C=O) groups is 1. The molecule has 4 N–H and O–H groups in total. The summed E-state index contributed by atoms with van der Waals surface area (Å²) in [6, 6.07) is 6.04. The molecule has 0 unspecified atom stereocenters. The van der Waals surface area contributed by atoms with E-state index in [4.69, 9.17) is 21.3 Å². The van der Waals surface area contributed by atoms with E-state index in [-0.39, 0.29) is 36.3 Å². The largest absolute Gasteiger partial charge is 0.489 e. The second-order valence-electron chi connectivity index (χ2n) is 12.4. The first-order valence-corrected chi connectivity index (χ1v) is 14.5. The second-order valence-corrected chi connectivity index (χ2v) is 12.8. The van der Waals surface area contributed by atoms with Gasteiger partial charge in [0.2, 0.25) is 11.9 Å². The van der Waals surface area contributed by atoms with Crippen LogP contribution in [0.15, 0.2) is 24.4 Å². The van der Waals surface area contributed by atoms with Crippen LogP contribution in [0.2, 0.25) is 5.02 Å². The SMILES string of the molecule is CN(C)CCN1CCOc2cc(Nc3ncc(Cl)c(N[C@@]4(C)[C@@H](C(=O)NCCO)C[C@H]5C[C@@H]4C5(C)C)n3)ccc21. The number of nitrogens with zero attached hydrogens (tertiary/aromatic N) is 4. The van der Waals surface area contributed by atoms with E-state index >= 15 is 0 Å². The molecule has 0 radical (unpaired) electrons. The Kier molecular flexibility index (Phi) is 8.05. The average molecular weight is 572 g/mol. The summed E-state index contributed by atoms with van der Waals surface area (Å²) in [6.45, 7) is 10.2. The molecule has 2 heterocycles. The van der Waals surface area contributed by atoms with Gasteiger partial charge in [-0.2, -0.15) is 4.98 Å². The highest BCUT2D eigenvalue weighted by Crippen LogP contribution is 2.65. The predicted molar refractivity (Wildman–Crippen MR) is 159 cm³/mol. The number of benzene rings is 1. The van der Waals surface area contributed by atoms with Crippen molar-refractivity contribution in [3.8, 4) is 5.75 Å². The maximum Gasteiger partial charge on any atom is 0.229 e. The van der Waals surface area contributed by atoms with Crippen molar-refractivity contribution in [2.75, 3.05) is 69.0 Å². The van der Waals surface area contributed by atoms with Gasteiger partial charge < -0.3 is 35.6 Å². The highest BCUT2D eigenvalue weighted by molar-refractivity contribution is 6.32. The number of ether oxygens (including phenoxy) is 1. The van der Waals surface area contributed by atoms with Gasteiger partial charge in [0, 0.05) is 31.4 Å². The molecule has 4 atom stereocenters. The molecule has 11 heteroatoms. The monoisotopic (exact) mass is 571 g/mol. The normalized spacial score (nSPS) is 26.4. The summed E-state index contributed by atoms with van der Waals surface area (Å²) in [5.74, 6) is 2.15. The summed E-state index contributed by atoms with van der Waals surface area (Å²) in [5, 5.41) is 19.4. The van der Waals surface area contributed by atoms with E-state index in [2.05, 4.69) is 71.7 Å². The third-order valence-corrected chi connectivity index (χ3v) is 9.57. The van der Waals surface area contributed by atoms with Gasteiger partial charge >= 0.3 is 0 Å². The lowest BCUT2D eigenvalue weighted by Gasteiger charge is -2.66. The number of fused-ring (bicyclic) bond motifs is 3. The van der Waals surface area contributed by atoms with E-state index in [9.17, 15) is 9.90 Å². The van der Waals surface area contributed by atoms with Crippen molar-refractivity contribution in [3.05, 3.63) is 29.4 Å². The molecular weight excluding hydrogens is 530 g/mol. The first-order valence-electron chi connectivity index (χ1n) is 14.2. The first-order chi connectivity index (χ1) is 19.0. The van der Waals surface area contributed by atoms with Crippen LogP contribution in [0.5, 0.6) is 5.75 Å². The number of amides is 1. The Balaban J connectivity index is 1.36. The summed E-state index contributed by atoms with van der Waals surface area (Å²) < 4.78 is 5.97. The third-order valence-electron chi connectivity index (χ3n) is 9.29. The van der Waals surface area contributed by atoms with Gasteiger partial charge in [0.05, 0.1) is 36.5 Å². The Bertz CT molecular complexity index is 1240. The molecule has 1 aromatic heterocycles. The van der Waals surface area contributed by atoms with Crippen LogP contribution in [0.4, 0.5) is 23.1 Å². The molecule has 0 saturated heterocycles. The third kappa shape index (κ3) is 5.41. The van der Waals surface area contributed by atoms with Gasteiger partial charge in [-0.05, 0) is 63.2 Å². The summed E-state index contributed by atoms with van der Waals surface area (Å²) in [5.41, 5.74) is 1.42. The highest BCUT2D eigenvalue weighted by Gasteiger charge is 2.64. The number of halogens is 1. The van der Waals surface area contributed by atoms with Gasteiger partial charge in [0.15, 0.2) is 5.82 Å². The molecule has 1 amide bonds. The van der Waals surface area contributed by atoms with Crippen molar-refractivity contribution in [2.24, 2.45) is 23.2 Å². The fourth-order valence-electron chi connectivity index (χ4n) is 6.87. The minimum absolute atomic E-state index is 0.0496. The van der Waals surface area contributed by atoms with E-state index in [0.717, 1.165) is 49.6 Å². The van der Waals surface area contributed by atoms with Gasteiger partial charge in [-0.3, -0.25) is 4.79 Å². The van der Waals surface area contributed by atoms with E-state index < -0.39 is 5.54 Å². The van der Waals surface area contributed by atoms with Crippen LogP contribution < -0.4 is 25.6 Å². The molecule has 2 bridgehead atoms. The van der Waals surface area contributed by atoms with Crippen molar-refractivity contribution in [2.45, 2.75) is 39.2 Å². The standard InChI is InChI=1S/C29H42ClN7O3/c1-28(2)18-14-20(26(39)31-8-12-38)29(3,24(28)15-18)35-25-21(30)17-32-27(34-25)33-19-6-7-22-23(16-19)40-13-11-37(22)10-9-36(4)5/h6-7,16-18,20,24,38H,8-15H2,1-5H3,(H,31,39)(H2,32,33,34,35)/t18-,20+,24+,29-/m0/s1. The Morgan fingerprint density at radius 1 is 1.27 bits per heavy atom. The second kappa shape index (κ2) is 11.2. The number of aromatic nitrogens is 2. The molecule has 0 spiro atoms. The molecule has 3 saturated carbocycles. The molecule has 3 fully saturated rings. The molecule has 4 aliphatic rings. The van der Waals surface area contributed by atoms with Crippen molar-refractivity contribution in [1.82, 2.24) is 20.2 Å². The Hall–Kier alpha value is -2.82. The first kappa shape index (κ1) is 28.7. The quantitative estimate of drug-likeness (QED) is 0.339. The van der Waals surface area contributed by atoms with Crippen LogP contribution in [0, 0.1) is 23.2 Å². The molecule has 1 aromatic carbocycles. The predicted octanol–water partition coefficient (Wildman–Crippen LogP) is 3.60. The van der Waals surface area contributed by atoms with Gasteiger partial charge in [-0.1, -0.05) is 25.4 Å². The average Bonchev–Trinajstić information content (AvgIpc) is 2.91. The maximum atomic E-state index is 13.2. The lowest BCUT2D eigenvalue weighted by atomic mass is 9.40. The van der Waals surface area contributed by atoms with Crippen LogP contribution >= 0.6 is 11.6 Å². The van der Waals surface area contributed by atoms with E-state index in [1.54, 1.807) is 6.20 Å². The number of hydrogen-bond acceptors (Lipinski definition) is 9. The fraction of sp³-hybridized carbons (Fsp3) is 0.621. The molecule has 10 nitrogen and oxygen atoms in total. The number of aliphatic hydroxyl groups excluding tert-OH is 1. The van der Waals surface area contributed by atoms with Crippen molar-refractivity contribution in [3.63, 3.8) is 0 Å². The van der Waals surface area contributed by atoms with Gasteiger partial charge in [-0.15, -0.1) is 0 Å². The number of carbonyl (C=O) groups excluding carboxylic acids is 1. The number of likely N-dealkylation sites (N-methyl/N-ethyl adjacent to an activating group) is 1. The lowest BCUT2D eigenvalue weighted by Crippen LogP contribution is -2.69. The number of hydrogen-bond donors (Lipinski definition) is 4. The summed E-state index contributed by atoms with van der Waals surface area (Å²) in [6.07, 6.45) is 3.41. The molecule has 3 aliphatic carbocycles. The zero-order valence-electron chi connectivity index (χ0n) is 24.1. The molecule has 6 rings (SSSR count). The highest BCUT2D eigenvalue weighted by atomic mass is 35.5. The minimum atomic E-state index is -0.567. The van der Waals surface area contributed by atoms with E-state index in [0.29, 0.717) is 29.3 Å². The number of anilines is 4. The lowest BCUT2D eigenvalue weighted by molar-refractivity contribution is -0.156. The Morgan fingerprint density at radius 2 is 2.08 bits per heavy atom. The van der Waals surface area contributed by atoms with Crippen LogP contribution in [-0.4, -0.2) is 84.9 Å². The number of rotatable bonds is 10. The van der Waals surface area contributed by atoms with E-state index in [1.165, 1.54) is 0 Å². The molecule has 218 valence electrons. The molecule has 1 aliphatic heterocycles. The topological polar surface area (TPSA) is 115 Å². The van der Waals surface area contributed by atoms with Gasteiger partial charge in [0.1, 0.15) is 17.4 Å². The van der Waals surface area contributed by atoms with Crippen molar-refractivity contribution in [1.29, 1.82) is 0 Å². The maximum absolute atomic E-state index is 13.2. The minimum Gasteiger partial charge on any atom is -0.489 e. The van der Waals surface area contributed by atoms with E-state index in [1.807, 2.05) is 12.1 Å². The van der Waals surface area contributed by atoms with Crippen molar-refractivity contribution >= 4 is 40.6 Å². The van der Waals surface area contributed by atoms with Crippen LogP contribution in [0.3, 0.4) is 0 Å². The molecule has 2 aromatic rings. The van der Waals surface area contributed by atoms with Crippen LogP contribution in [0.1, 0.15) is 33.6 Å². The Morgan fingerprint density at radius 3 is 2.80 bits per heavy atom. The zero-order valence-corrected chi connectivity index (χ0v) is 24.9. The van der Waals surface area contributed by atoms with Gasteiger partial charge in [-0.25, -0.2) is 4.98 Å². The van der Waals surface area contributed by atoms with Gasteiger partial charge in [0.25, 0.3) is 0 Å². The molecule has 40 heavy (non-hydrogen) atoms. The van der Waals surface area contributed by atoms with Crippen LogP contribution in [-0.2, 0) is 4.79 Å². The molecular formula is C29H42ClN7O3. The summed E-state index contributed by atoms with van der Waals surface area (Å²) in [7, 11) is 4.16. The summed E-state index contributed by atoms with van der Waals surface area (Å²) >= 11 is 6.61.